The maximum Gasteiger partial charge on any atom is 0.309 e. The lowest BCUT2D eigenvalue weighted by molar-refractivity contribution is -0.160. The number of carboxylic acids is 1. The van der Waals surface area contributed by atoms with E-state index < -0.39 is 11.4 Å². The van der Waals surface area contributed by atoms with Gasteiger partial charge in [-0.25, -0.2) is 9.67 Å². The third-order valence-corrected chi connectivity index (χ3v) is 13.6. The molecule has 0 saturated heterocycles. The molecule has 0 aliphatic heterocycles. The zero-order chi connectivity index (χ0) is 39.4. The molecule has 4 aliphatic carbocycles. The van der Waals surface area contributed by atoms with Gasteiger partial charge >= 0.3 is 5.97 Å². The number of carbonyl (C=O) groups is 1. The van der Waals surface area contributed by atoms with Crippen molar-refractivity contribution in [1.29, 1.82) is 0 Å². The molecule has 3 aromatic carbocycles. The second kappa shape index (κ2) is 15.0. The van der Waals surface area contributed by atoms with E-state index in [1.54, 1.807) is 21.3 Å². The van der Waals surface area contributed by atoms with E-state index in [4.69, 9.17) is 35.9 Å². The molecule has 0 amide bonds. The number of aliphatic hydroxyl groups excluding tert-OH is 1. The molecule has 11 nitrogen and oxygen atoms in total. The van der Waals surface area contributed by atoms with Crippen molar-refractivity contribution in [2.24, 2.45) is 5.41 Å². The molecule has 0 spiro atoms. The SMILES string of the molecule is COc1cc(-n2ncc3c(-c4cccc(-c5ccc(CN(C)C67CCC(C(=O)O)(CC6)CC7)c(OC)n5)c4Cl)cccc32)cc(OC)c1CN(C)[C@H]1C[C@H](O)C1. The highest BCUT2D eigenvalue weighted by Gasteiger charge is 2.54. The van der Waals surface area contributed by atoms with Gasteiger partial charge in [-0.15, -0.1) is 0 Å². The molecule has 294 valence electrons. The number of rotatable bonds is 13. The number of methoxy groups -OCH3 is 3. The molecule has 12 heteroatoms. The normalized spacial score (nSPS) is 23.1. The van der Waals surface area contributed by atoms with Crippen molar-refractivity contribution in [2.75, 3.05) is 35.4 Å². The number of hydrogen-bond donors (Lipinski definition) is 2. The standard InChI is InChI=1S/C44H50ClN5O6/c1-48(28-20-30(51)21-28)26-35-38(54-3)22-29(23-39(35)55-4)50-37-11-7-8-31(34(37)24-46-50)32-9-6-10-33(40(32)45)36-13-12-27(41(47-36)56-5)25-49(2)44-17-14-43(15-18-44,16-19-44)42(52)53/h6-13,22-24,28,30,51H,14-21,25-26H2,1-5H3,(H,52,53)/t28-,30-,43?,44?. The highest BCUT2D eigenvalue weighted by Crippen LogP contribution is 2.55. The minimum atomic E-state index is -0.640. The highest BCUT2D eigenvalue weighted by molar-refractivity contribution is 6.36. The smallest absolute Gasteiger partial charge is 0.309 e. The lowest BCUT2D eigenvalue weighted by Crippen LogP contribution is -2.56. The summed E-state index contributed by atoms with van der Waals surface area (Å²) in [4.78, 5) is 21.6. The second-order valence-electron chi connectivity index (χ2n) is 16.0. The van der Waals surface area contributed by atoms with Crippen LogP contribution in [0.5, 0.6) is 17.4 Å². The van der Waals surface area contributed by atoms with E-state index >= 15 is 0 Å². The number of fused-ring (bicyclic) bond motifs is 4. The van der Waals surface area contributed by atoms with Crippen molar-refractivity contribution in [3.8, 4) is 45.5 Å². The summed E-state index contributed by atoms with van der Waals surface area (Å²) in [5, 5.41) is 26.1. The third-order valence-electron chi connectivity index (χ3n) is 13.1. The first-order chi connectivity index (χ1) is 27.0. The van der Waals surface area contributed by atoms with Gasteiger partial charge in [0.25, 0.3) is 0 Å². The van der Waals surface area contributed by atoms with Gasteiger partial charge in [-0.05, 0) is 83.2 Å². The Morgan fingerprint density at radius 2 is 1.52 bits per heavy atom. The number of halogens is 1. The predicted octanol–water partition coefficient (Wildman–Crippen LogP) is 8.00. The van der Waals surface area contributed by atoms with Gasteiger partial charge in [-0.3, -0.25) is 14.6 Å². The number of aliphatic carboxylic acids is 1. The maximum atomic E-state index is 12.0. The monoisotopic (exact) mass is 779 g/mol. The predicted molar refractivity (Wildman–Crippen MR) is 217 cm³/mol. The molecule has 2 heterocycles. The Morgan fingerprint density at radius 3 is 2.14 bits per heavy atom. The van der Waals surface area contributed by atoms with E-state index in [1.807, 2.05) is 59.4 Å². The first-order valence-electron chi connectivity index (χ1n) is 19.4. The minimum absolute atomic E-state index is 0.00692. The van der Waals surface area contributed by atoms with Gasteiger partial charge in [0.1, 0.15) is 11.5 Å². The van der Waals surface area contributed by atoms with Crippen LogP contribution < -0.4 is 14.2 Å². The molecule has 5 aromatic rings. The van der Waals surface area contributed by atoms with Crippen LogP contribution in [0.4, 0.5) is 0 Å². The van der Waals surface area contributed by atoms with E-state index in [-0.39, 0.29) is 11.6 Å². The molecule has 56 heavy (non-hydrogen) atoms. The molecule has 9 rings (SSSR count). The summed E-state index contributed by atoms with van der Waals surface area (Å²) in [5.41, 5.74) is 6.38. The Morgan fingerprint density at radius 1 is 0.875 bits per heavy atom. The molecular formula is C44H50ClN5O6. The lowest BCUT2D eigenvalue weighted by atomic mass is 9.57. The number of nitrogens with zero attached hydrogens (tertiary/aromatic N) is 5. The van der Waals surface area contributed by atoms with Crippen LogP contribution >= 0.6 is 11.6 Å². The molecule has 0 unspecified atom stereocenters. The molecule has 2 N–H and O–H groups in total. The summed E-state index contributed by atoms with van der Waals surface area (Å²) in [7, 11) is 9.18. The van der Waals surface area contributed by atoms with Crippen molar-refractivity contribution in [3.05, 3.63) is 83.0 Å². The van der Waals surface area contributed by atoms with Gasteiger partial charge in [0.2, 0.25) is 5.88 Å². The van der Waals surface area contributed by atoms with Gasteiger partial charge in [0.05, 0.1) is 66.5 Å². The average Bonchev–Trinajstić information content (AvgIpc) is 3.65. The van der Waals surface area contributed by atoms with Gasteiger partial charge in [-0.2, -0.15) is 5.10 Å². The number of ether oxygens (including phenoxy) is 3. The van der Waals surface area contributed by atoms with Gasteiger partial charge in [0, 0.05) is 58.9 Å². The zero-order valence-corrected chi connectivity index (χ0v) is 33.5. The van der Waals surface area contributed by atoms with Gasteiger partial charge in [0.15, 0.2) is 0 Å². The number of pyridine rings is 1. The first-order valence-corrected chi connectivity index (χ1v) is 19.8. The summed E-state index contributed by atoms with van der Waals surface area (Å²) in [5.74, 6) is 1.32. The third kappa shape index (κ3) is 6.58. The van der Waals surface area contributed by atoms with Crippen molar-refractivity contribution in [1.82, 2.24) is 24.6 Å². The maximum absolute atomic E-state index is 12.0. The number of carboxylic acid groups (broad SMARTS) is 1. The zero-order valence-electron chi connectivity index (χ0n) is 32.7. The number of aliphatic hydroxyl groups is 1. The van der Waals surface area contributed by atoms with Crippen LogP contribution in [-0.2, 0) is 17.9 Å². The Hall–Kier alpha value is -4.68. The number of aromatic nitrogens is 3. The van der Waals surface area contributed by atoms with Crippen LogP contribution in [0.2, 0.25) is 5.02 Å². The minimum Gasteiger partial charge on any atom is -0.496 e. The van der Waals surface area contributed by atoms with E-state index in [0.717, 1.165) is 95.8 Å². The highest BCUT2D eigenvalue weighted by atomic mass is 35.5. The molecule has 4 fully saturated rings. The van der Waals surface area contributed by atoms with Crippen LogP contribution in [0.25, 0.3) is 39.0 Å². The quantitative estimate of drug-likeness (QED) is 0.122. The molecule has 4 saturated carbocycles. The van der Waals surface area contributed by atoms with Gasteiger partial charge in [-0.1, -0.05) is 48.0 Å². The topological polar surface area (TPSA) is 122 Å². The Bertz CT molecular complexity index is 2240. The number of hydrogen-bond acceptors (Lipinski definition) is 9. The van der Waals surface area contributed by atoms with E-state index in [1.165, 1.54) is 0 Å². The van der Waals surface area contributed by atoms with Crippen LogP contribution in [0.3, 0.4) is 0 Å². The lowest BCUT2D eigenvalue weighted by Gasteiger charge is -2.55. The summed E-state index contributed by atoms with van der Waals surface area (Å²) in [6.45, 7) is 1.28. The average molecular weight is 780 g/mol. The van der Waals surface area contributed by atoms with Crippen molar-refractivity contribution < 1.29 is 29.2 Å². The Labute approximate surface area is 332 Å². The molecule has 4 aliphatic rings. The Balaban J connectivity index is 1.07. The molecular weight excluding hydrogens is 730 g/mol. The first kappa shape index (κ1) is 38.2. The summed E-state index contributed by atoms with van der Waals surface area (Å²) >= 11 is 7.27. The van der Waals surface area contributed by atoms with E-state index in [2.05, 4.69) is 36.0 Å². The van der Waals surface area contributed by atoms with Crippen molar-refractivity contribution in [2.45, 2.75) is 82.1 Å². The van der Waals surface area contributed by atoms with E-state index in [9.17, 15) is 15.0 Å². The van der Waals surface area contributed by atoms with Crippen LogP contribution in [0.15, 0.2) is 66.9 Å². The number of benzene rings is 3. The molecule has 0 atom stereocenters. The van der Waals surface area contributed by atoms with Crippen molar-refractivity contribution in [3.63, 3.8) is 0 Å². The fraction of sp³-hybridized carbons (Fsp3) is 0.432. The van der Waals surface area contributed by atoms with Crippen LogP contribution in [0.1, 0.15) is 62.5 Å². The summed E-state index contributed by atoms with van der Waals surface area (Å²) in [6, 6.07) is 20.5. The molecule has 2 bridgehead atoms. The van der Waals surface area contributed by atoms with Crippen LogP contribution in [0, 0.1) is 5.41 Å². The van der Waals surface area contributed by atoms with Gasteiger partial charge < -0.3 is 24.4 Å². The fourth-order valence-corrected chi connectivity index (χ4v) is 9.70. The Kier molecular flexibility index (Phi) is 10.2. The van der Waals surface area contributed by atoms with Crippen molar-refractivity contribution >= 4 is 28.5 Å². The summed E-state index contributed by atoms with van der Waals surface area (Å²) in [6.07, 6.45) is 8.02. The largest absolute Gasteiger partial charge is 0.496 e. The second-order valence-corrected chi connectivity index (χ2v) is 16.4. The van der Waals surface area contributed by atoms with E-state index in [0.29, 0.717) is 47.2 Å². The summed E-state index contributed by atoms with van der Waals surface area (Å²) < 4.78 is 19.5. The van der Waals surface area contributed by atoms with Crippen LogP contribution in [-0.4, -0.2) is 93.9 Å². The fourth-order valence-electron chi connectivity index (χ4n) is 9.37. The molecule has 0 radical (unpaired) electrons. The molecule has 2 aromatic heterocycles.